The second kappa shape index (κ2) is 9.27. The van der Waals surface area contributed by atoms with Gasteiger partial charge in [-0.25, -0.2) is 0 Å². The van der Waals surface area contributed by atoms with E-state index in [2.05, 4.69) is 5.32 Å². The molecule has 0 aliphatic carbocycles. The lowest BCUT2D eigenvalue weighted by Gasteiger charge is -2.16. The summed E-state index contributed by atoms with van der Waals surface area (Å²) >= 11 is 1.46. The number of nitrogens with two attached hydrogens (primary N) is 2. The number of hydrogen-bond donors (Lipinski definition) is 4. The molecule has 1 aromatic heterocycles. The van der Waals surface area contributed by atoms with Gasteiger partial charge in [0.25, 0.3) is 5.91 Å². The van der Waals surface area contributed by atoms with Crippen LogP contribution in [0.3, 0.4) is 0 Å². The molecule has 0 radical (unpaired) electrons. The van der Waals surface area contributed by atoms with Crippen molar-refractivity contribution in [1.82, 2.24) is 5.32 Å². The van der Waals surface area contributed by atoms with Crippen molar-refractivity contribution in [1.29, 1.82) is 5.41 Å². The third-order valence-electron chi connectivity index (χ3n) is 3.97. The molecule has 25 heavy (non-hydrogen) atoms. The van der Waals surface area contributed by atoms with Gasteiger partial charge in [-0.15, -0.1) is 11.3 Å². The van der Waals surface area contributed by atoms with Crippen molar-refractivity contribution in [2.45, 2.75) is 19.4 Å². The molecule has 0 saturated heterocycles. The van der Waals surface area contributed by atoms with E-state index in [-0.39, 0.29) is 11.9 Å². The third kappa shape index (κ3) is 5.09. The van der Waals surface area contributed by atoms with Crippen molar-refractivity contribution >= 4 is 29.2 Å². The van der Waals surface area contributed by atoms with Gasteiger partial charge in [0.05, 0.1) is 11.9 Å². The van der Waals surface area contributed by atoms with E-state index in [0.29, 0.717) is 17.8 Å². The summed E-state index contributed by atoms with van der Waals surface area (Å²) < 4.78 is 0. The fraction of sp³-hybridized carbons (Fsp3) is 0.263. The zero-order valence-electron chi connectivity index (χ0n) is 14.6. The van der Waals surface area contributed by atoms with Crippen molar-refractivity contribution < 1.29 is 10.1 Å². The van der Waals surface area contributed by atoms with Crippen LogP contribution in [0.5, 0.6) is 0 Å². The Labute approximate surface area is 152 Å². The SMILES string of the molecule is C[NH2+]/C(=C\C=N)c1cc(C(=O)NC(CN)Cc2ccccc2)sc1C. The topological polar surface area (TPSA) is 95.6 Å². The maximum absolute atomic E-state index is 12.6. The van der Waals surface area contributed by atoms with Crippen LogP contribution < -0.4 is 16.4 Å². The van der Waals surface area contributed by atoms with Gasteiger partial charge in [-0.2, -0.15) is 0 Å². The summed E-state index contributed by atoms with van der Waals surface area (Å²) in [6, 6.07) is 11.8. The summed E-state index contributed by atoms with van der Waals surface area (Å²) in [4.78, 5) is 14.3. The number of carbonyl (C=O) groups is 1. The number of allylic oxidation sites excluding steroid dienone is 1. The molecule has 132 valence electrons. The lowest BCUT2D eigenvalue weighted by atomic mass is 10.1. The van der Waals surface area contributed by atoms with Crippen LogP contribution in [0.15, 0.2) is 42.5 Å². The molecule has 0 bridgehead atoms. The number of amides is 1. The molecule has 0 aliphatic rings. The maximum Gasteiger partial charge on any atom is 0.261 e. The molecule has 1 unspecified atom stereocenters. The zero-order valence-corrected chi connectivity index (χ0v) is 15.4. The van der Waals surface area contributed by atoms with Gasteiger partial charge in [-0.05, 0) is 25.0 Å². The predicted molar refractivity (Wildman–Crippen MR) is 104 cm³/mol. The van der Waals surface area contributed by atoms with Crippen LogP contribution in [-0.4, -0.2) is 31.8 Å². The summed E-state index contributed by atoms with van der Waals surface area (Å²) in [6.07, 6.45) is 3.70. The number of hydrogen-bond acceptors (Lipinski definition) is 4. The van der Waals surface area contributed by atoms with E-state index >= 15 is 0 Å². The maximum atomic E-state index is 12.6. The highest BCUT2D eigenvalue weighted by atomic mass is 32.1. The van der Waals surface area contributed by atoms with Crippen molar-refractivity contribution in [3.63, 3.8) is 0 Å². The standard InChI is InChI=1S/C19H24N4OS/c1-13-16(17(22-2)8-9-20)11-18(25-13)19(24)23-15(12-21)10-14-6-4-3-5-7-14/h3-9,11,15,20,22H,10,12,21H2,1-2H3,(H,23,24)/p+1/b17-8-,20-9?. The Bertz CT molecular complexity index is 752. The smallest absolute Gasteiger partial charge is 0.261 e. The zero-order chi connectivity index (χ0) is 18.2. The Hall–Kier alpha value is -2.28. The monoisotopic (exact) mass is 357 g/mol. The first-order valence-corrected chi connectivity index (χ1v) is 9.06. The average Bonchev–Trinajstić information content (AvgIpc) is 3.01. The minimum atomic E-state index is -0.102. The fourth-order valence-corrected chi connectivity index (χ4v) is 3.61. The van der Waals surface area contributed by atoms with Crippen LogP contribution in [-0.2, 0) is 6.42 Å². The van der Waals surface area contributed by atoms with E-state index in [1.165, 1.54) is 17.6 Å². The fourth-order valence-electron chi connectivity index (χ4n) is 2.66. The van der Waals surface area contributed by atoms with Crippen LogP contribution in [0.25, 0.3) is 5.70 Å². The van der Waals surface area contributed by atoms with Crippen LogP contribution >= 0.6 is 11.3 Å². The molecule has 0 spiro atoms. The van der Waals surface area contributed by atoms with Crippen LogP contribution in [0.4, 0.5) is 0 Å². The van der Waals surface area contributed by atoms with E-state index in [1.807, 2.05) is 55.7 Å². The molecule has 1 heterocycles. The minimum Gasteiger partial charge on any atom is -0.347 e. The summed E-state index contributed by atoms with van der Waals surface area (Å²) in [5, 5.41) is 12.2. The minimum absolute atomic E-state index is 0.101. The van der Waals surface area contributed by atoms with Crippen molar-refractivity contribution in [3.05, 3.63) is 63.4 Å². The number of rotatable bonds is 8. The average molecular weight is 358 g/mol. The molecule has 1 atom stereocenters. The Kier molecular flexibility index (Phi) is 7.06. The first-order valence-electron chi connectivity index (χ1n) is 8.24. The molecule has 5 nitrogen and oxygen atoms in total. The van der Waals surface area contributed by atoms with Crippen LogP contribution in [0.2, 0.25) is 0 Å². The Morgan fingerprint density at radius 2 is 2.12 bits per heavy atom. The van der Waals surface area contributed by atoms with E-state index in [0.717, 1.165) is 21.7 Å². The van der Waals surface area contributed by atoms with Gasteiger partial charge in [-0.1, -0.05) is 30.3 Å². The Morgan fingerprint density at radius 3 is 2.72 bits per heavy atom. The van der Waals surface area contributed by atoms with Crippen molar-refractivity contribution in [2.24, 2.45) is 5.73 Å². The lowest BCUT2D eigenvalue weighted by Crippen LogP contribution is -2.76. The molecule has 0 saturated carbocycles. The number of thiophene rings is 1. The largest absolute Gasteiger partial charge is 0.347 e. The molecule has 0 fully saturated rings. The van der Waals surface area contributed by atoms with Gasteiger partial charge in [0, 0.05) is 35.3 Å². The lowest BCUT2D eigenvalue weighted by molar-refractivity contribution is -0.530. The molecule has 0 aliphatic heterocycles. The number of carbonyl (C=O) groups excluding carboxylic acids is 1. The summed E-state index contributed by atoms with van der Waals surface area (Å²) in [5.41, 5.74) is 8.93. The van der Waals surface area contributed by atoms with Crippen LogP contribution in [0, 0.1) is 12.3 Å². The van der Waals surface area contributed by atoms with E-state index in [4.69, 9.17) is 11.1 Å². The van der Waals surface area contributed by atoms with Gasteiger partial charge in [0.1, 0.15) is 5.70 Å². The number of nitrogens with one attached hydrogen (secondary N) is 2. The molecule has 2 aromatic rings. The highest BCUT2D eigenvalue weighted by molar-refractivity contribution is 7.14. The van der Waals surface area contributed by atoms with Crippen molar-refractivity contribution in [3.8, 4) is 0 Å². The van der Waals surface area contributed by atoms with E-state index in [1.54, 1.807) is 6.08 Å². The Balaban J connectivity index is 2.12. The highest BCUT2D eigenvalue weighted by Crippen LogP contribution is 2.25. The number of quaternary nitrogens is 1. The molecule has 6 N–H and O–H groups in total. The van der Waals surface area contributed by atoms with Gasteiger partial charge < -0.3 is 21.8 Å². The van der Waals surface area contributed by atoms with Gasteiger partial charge in [-0.3, -0.25) is 4.79 Å². The molecular formula is C19H25N4OS+. The first-order chi connectivity index (χ1) is 12.1. The highest BCUT2D eigenvalue weighted by Gasteiger charge is 2.18. The van der Waals surface area contributed by atoms with Gasteiger partial charge >= 0.3 is 0 Å². The quantitative estimate of drug-likeness (QED) is 0.539. The molecule has 2 rings (SSSR count). The number of aryl methyl sites for hydroxylation is 1. The second-order valence-electron chi connectivity index (χ2n) is 5.75. The first kappa shape index (κ1) is 19.1. The van der Waals surface area contributed by atoms with Gasteiger partial charge in [0.15, 0.2) is 0 Å². The van der Waals surface area contributed by atoms with Gasteiger partial charge in [0.2, 0.25) is 0 Å². The Morgan fingerprint density at radius 1 is 1.40 bits per heavy atom. The van der Waals surface area contributed by atoms with E-state index < -0.39 is 0 Å². The van der Waals surface area contributed by atoms with Crippen LogP contribution in [0.1, 0.15) is 25.7 Å². The normalized spacial score (nSPS) is 12.7. The summed E-state index contributed by atoms with van der Waals surface area (Å²) in [5.74, 6) is -0.101. The predicted octanol–water partition coefficient (Wildman–Crippen LogP) is 1.54. The summed E-state index contributed by atoms with van der Waals surface area (Å²) in [6.45, 7) is 2.38. The summed E-state index contributed by atoms with van der Waals surface area (Å²) in [7, 11) is 1.93. The van der Waals surface area contributed by atoms with E-state index in [9.17, 15) is 4.79 Å². The molecule has 1 amide bonds. The molecule has 1 aromatic carbocycles. The molecule has 6 heteroatoms. The third-order valence-corrected chi connectivity index (χ3v) is 5.02. The van der Waals surface area contributed by atoms with Crippen molar-refractivity contribution in [2.75, 3.05) is 13.6 Å². The second-order valence-corrected chi connectivity index (χ2v) is 7.01. The molecular weight excluding hydrogens is 332 g/mol. The number of benzene rings is 1.